The number of aromatic nitrogens is 2. The van der Waals surface area contributed by atoms with E-state index in [0.717, 1.165) is 4.68 Å². The fraction of sp³-hybridized carbons (Fsp3) is 0.222. The van der Waals surface area contributed by atoms with Crippen molar-refractivity contribution in [2.75, 3.05) is 31.7 Å². The van der Waals surface area contributed by atoms with Gasteiger partial charge in [0.15, 0.2) is 28.8 Å². The third-order valence-electron chi connectivity index (χ3n) is 6.13. The van der Waals surface area contributed by atoms with Crippen molar-refractivity contribution in [2.45, 2.75) is 12.8 Å². The predicted octanol–water partition coefficient (Wildman–Crippen LogP) is 4.54. The molecule has 2 aliphatic rings. The Morgan fingerprint density at radius 3 is 2.05 bits per heavy atom. The van der Waals surface area contributed by atoms with Crippen molar-refractivity contribution in [2.24, 2.45) is 0 Å². The first-order valence-corrected chi connectivity index (χ1v) is 12.7. The van der Waals surface area contributed by atoms with Gasteiger partial charge in [-0.05, 0) is 47.5 Å². The van der Waals surface area contributed by atoms with Crippen molar-refractivity contribution in [3.05, 3.63) is 69.9 Å². The van der Waals surface area contributed by atoms with E-state index < -0.39 is 17.6 Å². The Labute approximate surface area is 224 Å². The van der Waals surface area contributed by atoms with Gasteiger partial charge in [0.25, 0.3) is 5.91 Å². The summed E-state index contributed by atoms with van der Waals surface area (Å²) in [5.74, 6) is 0.877. The van der Waals surface area contributed by atoms with Crippen molar-refractivity contribution in [1.82, 2.24) is 9.78 Å². The molecule has 0 atom stereocenters. The average molecular weight is 582 g/mol. The first-order valence-electron chi connectivity index (χ1n) is 11.9. The van der Waals surface area contributed by atoms with Crippen LogP contribution in [-0.4, -0.2) is 48.0 Å². The first-order chi connectivity index (χ1) is 18.4. The SMILES string of the molecule is O=C(Cc1ccc2c(c1)OCCO2)Nc1nn(C(=O)Cc2ccc3c(c2)OCCO3)c2cc(Br)cc(F)c12. The van der Waals surface area contributed by atoms with Crippen molar-refractivity contribution in [1.29, 1.82) is 0 Å². The van der Waals surface area contributed by atoms with Gasteiger partial charge in [-0.15, -0.1) is 5.10 Å². The van der Waals surface area contributed by atoms with E-state index >= 15 is 4.39 Å². The highest BCUT2D eigenvalue weighted by Crippen LogP contribution is 2.33. The summed E-state index contributed by atoms with van der Waals surface area (Å²) in [7, 11) is 0. The molecule has 0 aliphatic carbocycles. The molecular weight excluding hydrogens is 561 g/mol. The minimum Gasteiger partial charge on any atom is -0.486 e. The van der Waals surface area contributed by atoms with Gasteiger partial charge < -0.3 is 24.3 Å². The number of fused-ring (bicyclic) bond motifs is 3. The van der Waals surface area contributed by atoms with Gasteiger partial charge in [0.2, 0.25) is 5.91 Å². The highest BCUT2D eigenvalue weighted by atomic mass is 79.9. The van der Waals surface area contributed by atoms with E-state index in [1.54, 1.807) is 42.5 Å². The van der Waals surface area contributed by atoms with Gasteiger partial charge >= 0.3 is 0 Å². The van der Waals surface area contributed by atoms with Crippen LogP contribution in [0.4, 0.5) is 10.2 Å². The zero-order chi connectivity index (χ0) is 26.2. The normalized spacial score (nSPS) is 13.8. The van der Waals surface area contributed by atoms with Crippen LogP contribution in [0.1, 0.15) is 15.9 Å². The van der Waals surface area contributed by atoms with Gasteiger partial charge in [0.05, 0.1) is 23.7 Å². The number of nitrogens with one attached hydrogen (secondary N) is 1. The molecule has 11 heteroatoms. The lowest BCUT2D eigenvalue weighted by molar-refractivity contribution is -0.115. The molecule has 1 N–H and O–H groups in total. The second-order valence-electron chi connectivity index (χ2n) is 8.79. The summed E-state index contributed by atoms with van der Waals surface area (Å²) in [5.41, 5.74) is 1.60. The predicted molar refractivity (Wildman–Crippen MR) is 139 cm³/mol. The number of amides is 1. The van der Waals surface area contributed by atoms with Gasteiger partial charge in [-0.1, -0.05) is 28.1 Å². The minimum atomic E-state index is -0.623. The second kappa shape index (κ2) is 9.97. The number of benzene rings is 3. The van der Waals surface area contributed by atoms with Crippen molar-refractivity contribution >= 4 is 44.5 Å². The lowest BCUT2D eigenvalue weighted by atomic mass is 10.1. The summed E-state index contributed by atoms with van der Waals surface area (Å²) in [4.78, 5) is 26.2. The van der Waals surface area contributed by atoms with Gasteiger partial charge in [0.1, 0.15) is 32.2 Å². The Morgan fingerprint density at radius 1 is 0.842 bits per heavy atom. The molecule has 9 nitrogen and oxygen atoms in total. The van der Waals surface area contributed by atoms with Gasteiger partial charge in [-0.3, -0.25) is 9.59 Å². The summed E-state index contributed by atoms with van der Waals surface area (Å²) in [5, 5.41) is 7.01. The van der Waals surface area contributed by atoms with Crippen LogP contribution < -0.4 is 24.3 Å². The topological polar surface area (TPSA) is 101 Å². The summed E-state index contributed by atoms with van der Waals surface area (Å²) in [6.07, 6.45) is -0.0274. The lowest BCUT2D eigenvalue weighted by Gasteiger charge is -2.18. The number of ether oxygens (including phenoxy) is 4. The molecule has 4 aromatic rings. The third kappa shape index (κ3) is 4.76. The molecule has 0 radical (unpaired) electrons. The van der Waals surface area contributed by atoms with E-state index in [4.69, 9.17) is 18.9 Å². The van der Waals surface area contributed by atoms with Crippen molar-refractivity contribution in [3.63, 3.8) is 0 Å². The van der Waals surface area contributed by atoms with Gasteiger partial charge in [-0.25, -0.2) is 4.39 Å². The van der Waals surface area contributed by atoms with E-state index in [1.165, 1.54) is 6.07 Å². The molecule has 0 unspecified atom stereocenters. The van der Waals surface area contributed by atoms with E-state index in [1.807, 2.05) is 0 Å². The quantitative estimate of drug-likeness (QED) is 0.369. The molecule has 0 saturated carbocycles. The standard InChI is InChI=1S/C27H21BrFN3O6/c28-17-13-18(29)26-19(14-17)32(25(34)12-16-2-4-21-23(10-16)38-8-6-36-21)31-27(26)30-24(33)11-15-1-3-20-22(9-15)37-7-5-35-20/h1-4,9-10,13-14H,5-8,11-12H2,(H,30,31,33). The molecule has 0 saturated heterocycles. The molecule has 0 fully saturated rings. The molecule has 1 amide bonds. The number of anilines is 1. The van der Waals surface area contributed by atoms with Crippen LogP contribution in [0.25, 0.3) is 10.9 Å². The lowest BCUT2D eigenvalue weighted by Crippen LogP contribution is -2.19. The molecule has 3 heterocycles. The highest BCUT2D eigenvalue weighted by molar-refractivity contribution is 9.10. The highest BCUT2D eigenvalue weighted by Gasteiger charge is 2.23. The van der Waals surface area contributed by atoms with Gasteiger partial charge in [-0.2, -0.15) is 4.68 Å². The Morgan fingerprint density at radius 2 is 1.42 bits per heavy atom. The fourth-order valence-electron chi connectivity index (χ4n) is 4.45. The Balaban J connectivity index is 1.26. The van der Waals surface area contributed by atoms with Crippen LogP contribution >= 0.6 is 15.9 Å². The smallest absolute Gasteiger partial charge is 0.251 e. The van der Waals surface area contributed by atoms with E-state index in [-0.39, 0.29) is 29.6 Å². The Hall–Kier alpha value is -4.12. The van der Waals surface area contributed by atoms with E-state index in [2.05, 4.69) is 26.3 Å². The number of hydrogen-bond donors (Lipinski definition) is 1. The third-order valence-corrected chi connectivity index (χ3v) is 6.58. The zero-order valence-electron chi connectivity index (χ0n) is 20.0. The Kier molecular flexibility index (Phi) is 6.36. The first kappa shape index (κ1) is 24.2. The molecule has 0 spiro atoms. The average Bonchev–Trinajstić information content (AvgIpc) is 3.26. The molecule has 194 valence electrons. The van der Waals surface area contributed by atoms with Crippen molar-refractivity contribution in [3.8, 4) is 23.0 Å². The molecule has 3 aromatic carbocycles. The summed E-state index contributed by atoms with van der Waals surface area (Å²) >= 11 is 3.28. The fourth-order valence-corrected chi connectivity index (χ4v) is 4.87. The summed E-state index contributed by atoms with van der Waals surface area (Å²) < 4.78 is 38.8. The second-order valence-corrected chi connectivity index (χ2v) is 9.71. The van der Waals surface area contributed by atoms with Crippen molar-refractivity contribution < 1.29 is 32.9 Å². The minimum absolute atomic E-state index is 0.00567. The largest absolute Gasteiger partial charge is 0.486 e. The number of carbonyl (C=O) groups is 2. The number of rotatable bonds is 5. The summed E-state index contributed by atoms with van der Waals surface area (Å²) in [6, 6.07) is 13.3. The van der Waals surface area contributed by atoms with Gasteiger partial charge in [0, 0.05) is 4.47 Å². The van der Waals surface area contributed by atoms with Crippen LogP contribution in [0.15, 0.2) is 53.0 Å². The molecule has 1 aromatic heterocycles. The van der Waals surface area contributed by atoms with Crippen LogP contribution in [0.2, 0.25) is 0 Å². The van der Waals surface area contributed by atoms with Crippen LogP contribution in [-0.2, 0) is 17.6 Å². The molecule has 2 aliphatic heterocycles. The Bertz CT molecular complexity index is 1590. The van der Waals surface area contributed by atoms with E-state index in [9.17, 15) is 9.59 Å². The van der Waals surface area contributed by atoms with E-state index in [0.29, 0.717) is 65.0 Å². The number of hydrogen-bond acceptors (Lipinski definition) is 7. The maximum absolute atomic E-state index is 15.1. The number of nitrogens with zero attached hydrogens (tertiary/aromatic N) is 2. The molecular formula is C27H21BrFN3O6. The number of halogens is 2. The molecule has 6 rings (SSSR count). The zero-order valence-corrected chi connectivity index (χ0v) is 21.5. The van der Waals surface area contributed by atoms with Crippen LogP contribution in [0.5, 0.6) is 23.0 Å². The maximum Gasteiger partial charge on any atom is 0.251 e. The molecule has 38 heavy (non-hydrogen) atoms. The van der Waals surface area contributed by atoms with Crippen LogP contribution in [0, 0.1) is 5.82 Å². The van der Waals surface area contributed by atoms with Crippen LogP contribution in [0.3, 0.4) is 0 Å². The molecule has 0 bridgehead atoms. The number of carbonyl (C=O) groups excluding carboxylic acids is 2. The summed E-state index contributed by atoms with van der Waals surface area (Å²) in [6.45, 7) is 1.80. The maximum atomic E-state index is 15.1. The monoisotopic (exact) mass is 581 g/mol.